The minimum Gasteiger partial charge on any atom is -0.497 e. The van der Waals surface area contributed by atoms with Gasteiger partial charge in [0.15, 0.2) is 4.80 Å². The molecule has 9 heteroatoms. The average Bonchev–Trinajstić information content (AvgIpc) is 3.28. The summed E-state index contributed by atoms with van der Waals surface area (Å²) in [4.78, 5) is 33.2. The number of halogens is 1. The Balaban J connectivity index is 1.83. The summed E-state index contributed by atoms with van der Waals surface area (Å²) in [6.45, 7) is 5.85. The van der Waals surface area contributed by atoms with E-state index in [1.54, 1.807) is 18.6 Å². The van der Waals surface area contributed by atoms with Gasteiger partial charge in [0.05, 0.1) is 41.7 Å². The number of carbonyl (C=O) groups excluding carboxylic acids is 1. The van der Waals surface area contributed by atoms with Gasteiger partial charge < -0.3 is 14.2 Å². The monoisotopic (exact) mass is 632 g/mol. The standard InChI is InChI=1S/C32H29BrN2O5S/c1-5-39-31(37)27-28(20-10-7-6-8-11-20)34-32-35(29(27)21-12-9-13-24(17-21)38-4)30(36)26(41-32)18-22-16-23(33)14-15-25(22)40-19(2)3/h6-19,29H,5H2,1-4H3/b26-18+/t29-/m0/s1. The fourth-order valence-corrected chi connectivity index (χ4v) is 6.07. The van der Waals surface area contributed by atoms with Crippen molar-refractivity contribution in [2.45, 2.75) is 32.9 Å². The van der Waals surface area contributed by atoms with E-state index < -0.39 is 12.0 Å². The van der Waals surface area contributed by atoms with Crippen molar-refractivity contribution in [2.24, 2.45) is 4.99 Å². The number of hydrogen-bond acceptors (Lipinski definition) is 7. The highest BCUT2D eigenvalue weighted by molar-refractivity contribution is 9.10. The first kappa shape index (κ1) is 28.6. The van der Waals surface area contributed by atoms with Gasteiger partial charge in [0.25, 0.3) is 5.56 Å². The number of nitrogens with zero attached hydrogens (tertiary/aromatic N) is 2. The topological polar surface area (TPSA) is 79.1 Å². The number of methoxy groups -OCH3 is 1. The van der Waals surface area contributed by atoms with Gasteiger partial charge in [-0.1, -0.05) is 69.7 Å². The summed E-state index contributed by atoms with van der Waals surface area (Å²) in [5, 5.41) is 0. The molecular weight excluding hydrogens is 604 g/mol. The largest absolute Gasteiger partial charge is 0.497 e. The second-order valence-electron chi connectivity index (χ2n) is 9.56. The molecule has 41 heavy (non-hydrogen) atoms. The van der Waals surface area contributed by atoms with Gasteiger partial charge in [-0.25, -0.2) is 9.79 Å². The highest BCUT2D eigenvalue weighted by Gasteiger charge is 2.35. The van der Waals surface area contributed by atoms with Crippen LogP contribution in [0.5, 0.6) is 11.5 Å². The van der Waals surface area contributed by atoms with E-state index in [1.165, 1.54) is 11.3 Å². The Morgan fingerprint density at radius 3 is 2.59 bits per heavy atom. The molecule has 1 aliphatic heterocycles. The third kappa shape index (κ3) is 5.92. The Morgan fingerprint density at radius 2 is 1.88 bits per heavy atom. The molecule has 0 saturated heterocycles. The molecular formula is C32H29BrN2O5S. The maximum atomic E-state index is 14.2. The van der Waals surface area contributed by atoms with Crippen LogP contribution in [0.1, 0.15) is 43.5 Å². The number of thiazole rings is 1. The van der Waals surface area contributed by atoms with Gasteiger partial charge in [-0.15, -0.1) is 0 Å². The Kier molecular flexibility index (Phi) is 8.56. The van der Waals surface area contributed by atoms with E-state index in [0.29, 0.717) is 32.1 Å². The van der Waals surface area contributed by atoms with E-state index in [0.717, 1.165) is 15.6 Å². The van der Waals surface area contributed by atoms with Crippen LogP contribution in [-0.2, 0) is 9.53 Å². The van der Waals surface area contributed by atoms with Crippen molar-refractivity contribution in [3.05, 3.63) is 119 Å². The minimum atomic E-state index is -0.786. The molecule has 0 aliphatic carbocycles. The summed E-state index contributed by atoms with van der Waals surface area (Å²) in [6.07, 6.45) is 1.77. The number of ether oxygens (including phenoxy) is 3. The van der Waals surface area contributed by atoms with E-state index in [4.69, 9.17) is 19.2 Å². The molecule has 0 radical (unpaired) electrons. The van der Waals surface area contributed by atoms with E-state index in [2.05, 4.69) is 15.9 Å². The summed E-state index contributed by atoms with van der Waals surface area (Å²) >= 11 is 4.80. The van der Waals surface area contributed by atoms with E-state index in [-0.39, 0.29) is 23.8 Å². The van der Waals surface area contributed by atoms with E-state index >= 15 is 0 Å². The van der Waals surface area contributed by atoms with Gasteiger partial charge >= 0.3 is 5.97 Å². The number of aromatic nitrogens is 1. The normalized spacial score (nSPS) is 15.0. The van der Waals surface area contributed by atoms with E-state index in [1.807, 2.05) is 92.7 Å². The van der Waals surface area contributed by atoms with Crippen molar-refractivity contribution in [1.29, 1.82) is 0 Å². The predicted molar refractivity (Wildman–Crippen MR) is 164 cm³/mol. The number of carbonyl (C=O) groups is 1. The van der Waals surface area contributed by atoms with Crippen molar-refractivity contribution in [3.8, 4) is 11.5 Å². The molecule has 3 aromatic carbocycles. The van der Waals surface area contributed by atoms with Gasteiger partial charge in [0, 0.05) is 15.6 Å². The highest BCUT2D eigenvalue weighted by Crippen LogP contribution is 2.36. The average molecular weight is 634 g/mol. The van der Waals surface area contributed by atoms with Crippen LogP contribution in [-0.4, -0.2) is 30.4 Å². The molecule has 0 bridgehead atoms. The fourth-order valence-electron chi connectivity index (χ4n) is 4.70. The van der Waals surface area contributed by atoms with Crippen molar-refractivity contribution in [1.82, 2.24) is 4.57 Å². The molecule has 0 fully saturated rings. The van der Waals surface area contributed by atoms with Crippen LogP contribution in [0.25, 0.3) is 11.8 Å². The first-order valence-electron chi connectivity index (χ1n) is 13.2. The van der Waals surface area contributed by atoms with Crippen LogP contribution in [0.4, 0.5) is 0 Å². The van der Waals surface area contributed by atoms with Crippen LogP contribution in [0.3, 0.4) is 0 Å². The Morgan fingerprint density at radius 1 is 1.10 bits per heavy atom. The van der Waals surface area contributed by atoms with Gasteiger partial charge in [0.2, 0.25) is 0 Å². The van der Waals surface area contributed by atoms with Crippen LogP contribution in [0, 0.1) is 0 Å². The number of benzene rings is 3. The molecule has 0 spiro atoms. The Labute approximate surface area is 250 Å². The van der Waals surface area contributed by atoms with Crippen LogP contribution in [0.2, 0.25) is 0 Å². The number of rotatable bonds is 8. The molecule has 0 N–H and O–H groups in total. The molecule has 210 valence electrons. The lowest BCUT2D eigenvalue weighted by atomic mass is 9.93. The minimum absolute atomic E-state index is 0.0434. The molecule has 0 saturated carbocycles. The second-order valence-corrected chi connectivity index (χ2v) is 11.5. The molecule has 7 nitrogen and oxygen atoms in total. The smallest absolute Gasteiger partial charge is 0.338 e. The first-order chi connectivity index (χ1) is 19.8. The quantitative estimate of drug-likeness (QED) is 0.240. The van der Waals surface area contributed by atoms with Gasteiger partial charge in [-0.05, 0) is 62.7 Å². The predicted octanol–water partition coefficient (Wildman–Crippen LogP) is 5.49. The molecule has 1 atom stereocenters. The lowest BCUT2D eigenvalue weighted by Crippen LogP contribution is -2.40. The fraction of sp³-hybridized carbons (Fsp3) is 0.219. The molecule has 4 aromatic rings. The SMILES string of the molecule is CCOC(=O)C1=C(c2ccccc2)N=c2s/c(=C/c3cc(Br)ccc3OC(C)C)c(=O)n2[C@H]1c1cccc(OC)c1. The molecule has 2 heterocycles. The molecule has 1 aromatic heterocycles. The zero-order chi connectivity index (χ0) is 29.1. The highest BCUT2D eigenvalue weighted by atomic mass is 79.9. The summed E-state index contributed by atoms with van der Waals surface area (Å²) < 4.78 is 19.9. The van der Waals surface area contributed by atoms with Crippen molar-refractivity contribution in [3.63, 3.8) is 0 Å². The molecule has 0 unspecified atom stereocenters. The molecule has 0 amide bonds. The zero-order valence-electron chi connectivity index (χ0n) is 23.1. The Hall–Kier alpha value is -3.95. The zero-order valence-corrected chi connectivity index (χ0v) is 25.5. The summed E-state index contributed by atoms with van der Waals surface area (Å²) in [5.41, 5.74) is 2.69. The number of fused-ring (bicyclic) bond motifs is 1. The Bertz CT molecular complexity index is 1810. The van der Waals surface area contributed by atoms with Crippen LogP contribution >= 0.6 is 27.3 Å². The van der Waals surface area contributed by atoms with Crippen molar-refractivity contribution in [2.75, 3.05) is 13.7 Å². The maximum absolute atomic E-state index is 14.2. The summed E-state index contributed by atoms with van der Waals surface area (Å²) in [5.74, 6) is 0.739. The van der Waals surface area contributed by atoms with Crippen LogP contribution in [0.15, 0.2) is 92.6 Å². The third-order valence-corrected chi connectivity index (χ3v) is 7.88. The second kappa shape index (κ2) is 12.3. The summed E-state index contributed by atoms with van der Waals surface area (Å²) in [7, 11) is 1.58. The van der Waals surface area contributed by atoms with E-state index in [9.17, 15) is 9.59 Å². The van der Waals surface area contributed by atoms with Crippen LogP contribution < -0.4 is 24.4 Å². The molecule has 5 rings (SSSR count). The first-order valence-corrected chi connectivity index (χ1v) is 14.8. The van der Waals surface area contributed by atoms with Gasteiger partial charge in [0.1, 0.15) is 11.5 Å². The lowest BCUT2D eigenvalue weighted by molar-refractivity contribution is -0.138. The number of esters is 1. The third-order valence-electron chi connectivity index (χ3n) is 6.40. The van der Waals surface area contributed by atoms with Crippen molar-refractivity contribution >= 4 is 45.0 Å². The maximum Gasteiger partial charge on any atom is 0.338 e. The van der Waals surface area contributed by atoms with Gasteiger partial charge in [-0.3, -0.25) is 9.36 Å². The number of hydrogen-bond donors (Lipinski definition) is 0. The van der Waals surface area contributed by atoms with Crippen molar-refractivity contribution < 1.29 is 19.0 Å². The molecule has 1 aliphatic rings. The lowest BCUT2D eigenvalue weighted by Gasteiger charge is -2.26. The summed E-state index contributed by atoms with van der Waals surface area (Å²) in [6, 6.07) is 21.7. The van der Waals surface area contributed by atoms with Gasteiger partial charge in [-0.2, -0.15) is 0 Å².